The third-order valence-electron chi connectivity index (χ3n) is 3.04. The fourth-order valence-corrected chi connectivity index (χ4v) is 2.18. The minimum Gasteiger partial charge on any atom is -0.398 e. The van der Waals surface area contributed by atoms with Crippen molar-refractivity contribution in [3.8, 4) is 0 Å². The van der Waals surface area contributed by atoms with Gasteiger partial charge in [0, 0.05) is 32.7 Å². The molecule has 1 aromatic rings. The first kappa shape index (κ1) is 27.2. The Labute approximate surface area is 157 Å². The van der Waals surface area contributed by atoms with E-state index < -0.39 is 0 Å². The van der Waals surface area contributed by atoms with Gasteiger partial charge in [0.15, 0.2) is 0 Å². The quantitative estimate of drug-likeness (QED) is 0.490. The van der Waals surface area contributed by atoms with Crippen LogP contribution in [0.2, 0.25) is 0 Å². The van der Waals surface area contributed by atoms with Crippen LogP contribution in [0.3, 0.4) is 0 Å². The Kier molecular flexibility index (Phi) is 20.9. The van der Waals surface area contributed by atoms with Gasteiger partial charge in [-0.15, -0.1) is 0 Å². The third kappa shape index (κ3) is 9.92. The summed E-state index contributed by atoms with van der Waals surface area (Å²) in [5.41, 5.74) is 7.80. The summed E-state index contributed by atoms with van der Waals surface area (Å²) in [5, 5.41) is 0. The zero-order valence-corrected chi connectivity index (χ0v) is 18.6. The molecule has 1 fully saturated rings. The number of carbonyl (C=O) groups is 1. The molecule has 1 radical (unpaired) electrons. The van der Waals surface area contributed by atoms with E-state index in [0.717, 1.165) is 30.8 Å². The molecule has 1 saturated heterocycles. The van der Waals surface area contributed by atoms with E-state index in [0.29, 0.717) is 0 Å². The number of likely N-dealkylation sites (tertiary alicyclic amines) is 1. The minimum absolute atomic E-state index is 0. The smallest absolute Gasteiger partial charge is 0.116 e. The van der Waals surface area contributed by atoms with Crippen LogP contribution >= 0.6 is 0 Å². The molecule has 1 aliphatic heterocycles. The molecule has 1 unspecified atom stereocenters. The van der Waals surface area contributed by atoms with E-state index in [1.165, 1.54) is 0 Å². The number of hydrogen-bond donors (Lipinski definition) is 1. The Morgan fingerprint density at radius 2 is 1.70 bits per heavy atom. The molecule has 1 atom stereocenters. The van der Waals surface area contributed by atoms with Gasteiger partial charge in [-0.2, -0.15) is 6.42 Å². The Hall–Kier alpha value is -0.688. The first-order valence-electron chi connectivity index (χ1n) is 8.59. The Bertz CT molecular complexity index is 397. The van der Waals surface area contributed by atoms with Gasteiger partial charge >= 0.3 is 0 Å². The van der Waals surface area contributed by atoms with Gasteiger partial charge in [0.1, 0.15) is 5.78 Å². The van der Waals surface area contributed by atoms with E-state index in [4.69, 9.17) is 5.73 Å². The van der Waals surface area contributed by atoms with Gasteiger partial charge in [-0.3, -0.25) is 0 Å². The van der Waals surface area contributed by atoms with Crippen molar-refractivity contribution in [2.45, 2.75) is 67.5 Å². The van der Waals surface area contributed by atoms with Gasteiger partial charge in [-0.1, -0.05) is 65.8 Å². The van der Waals surface area contributed by atoms with Gasteiger partial charge in [-0.25, -0.2) is 0 Å². The molecule has 1 heterocycles. The maximum absolute atomic E-state index is 11.4. The second-order valence-electron chi connectivity index (χ2n) is 4.25. The maximum atomic E-state index is 11.4. The van der Waals surface area contributed by atoms with E-state index >= 15 is 0 Å². The molecule has 1 aliphatic rings. The molecule has 2 rings (SSSR count). The van der Waals surface area contributed by atoms with Crippen LogP contribution in [-0.2, 0) is 31.8 Å². The van der Waals surface area contributed by atoms with Crippen molar-refractivity contribution < 1.29 is 25.2 Å². The van der Waals surface area contributed by atoms with Crippen LogP contribution in [0, 0.1) is 6.42 Å². The fourth-order valence-electron chi connectivity index (χ4n) is 2.18. The van der Waals surface area contributed by atoms with Crippen LogP contribution in [0.5, 0.6) is 0 Å². The fraction of sp³-hybridized carbons (Fsp3) is 0.579. The summed E-state index contributed by atoms with van der Waals surface area (Å²) in [6, 6.07) is 7.80. The SMILES string of the molecule is CC.CC.CC.CC(=O)C1[CH-]CCN1Cc1ccccc1N.[Re]. The topological polar surface area (TPSA) is 46.3 Å². The average Bonchev–Trinajstić information content (AvgIpc) is 3.04. The first-order valence-corrected chi connectivity index (χ1v) is 8.59. The predicted octanol–water partition coefficient (Wildman–Crippen LogP) is 4.71. The predicted molar refractivity (Wildman–Crippen MR) is 98.7 cm³/mol. The molecule has 3 nitrogen and oxygen atoms in total. The summed E-state index contributed by atoms with van der Waals surface area (Å²) in [6.07, 6.45) is 3.07. The number of rotatable bonds is 3. The zero-order chi connectivity index (χ0) is 17.5. The molecule has 1 aromatic carbocycles. The third-order valence-corrected chi connectivity index (χ3v) is 3.04. The van der Waals surface area contributed by atoms with Crippen molar-refractivity contribution in [3.63, 3.8) is 0 Å². The number of nitrogen functional groups attached to an aromatic ring is 1. The van der Waals surface area contributed by atoms with Crippen molar-refractivity contribution in [1.82, 2.24) is 4.90 Å². The van der Waals surface area contributed by atoms with Crippen molar-refractivity contribution in [3.05, 3.63) is 36.2 Å². The van der Waals surface area contributed by atoms with Crippen LogP contribution in [0.1, 0.15) is 60.5 Å². The van der Waals surface area contributed by atoms with E-state index in [-0.39, 0.29) is 32.2 Å². The molecule has 2 N–H and O–H groups in total. The van der Waals surface area contributed by atoms with Gasteiger partial charge in [-0.05, 0) is 25.1 Å². The second kappa shape index (κ2) is 17.7. The molecule has 0 saturated carbocycles. The molecule has 135 valence electrons. The van der Waals surface area contributed by atoms with Crippen LogP contribution in [-0.4, -0.2) is 23.3 Å². The molecular formula is C19H35N2ORe-. The Balaban J connectivity index is -0.000000514. The van der Waals surface area contributed by atoms with Crippen molar-refractivity contribution >= 4 is 11.5 Å². The molecule has 4 heteroatoms. The molecule has 0 spiro atoms. The summed E-state index contributed by atoms with van der Waals surface area (Å²) >= 11 is 0. The average molecular weight is 494 g/mol. The number of Topliss-reactive ketones (excluding diaryl/α,β-unsaturated/α-hetero) is 1. The van der Waals surface area contributed by atoms with Crippen LogP contribution < -0.4 is 5.73 Å². The number of benzene rings is 1. The molecule has 0 bridgehead atoms. The van der Waals surface area contributed by atoms with E-state index in [9.17, 15) is 4.79 Å². The zero-order valence-electron chi connectivity index (χ0n) is 15.9. The summed E-state index contributed by atoms with van der Waals surface area (Å²) in [7, 11) is 0. The van der Waals surface area contributed by atoms with Crippen LogP contribution in [0.4, 0.5) is 5.69 Å². The van der Waals surface area contributed by atoms with E-state index in [2.05, 4.69) is 11.3 Å². The van der Waals surface area contributed by atoms with Crippen molar-refractivity contribution in [2.75, 3.05) is 12.3 Å². The van der Waals surface area contributed by atoms with E-state index in [1.54, 1.807) is 6.92 Å². The minimum atomic E-state index is -0.0281. The summed E-state index contributed by atoms with van der Waals surface area (Å²) < 4.78 is 0. The van der Waals surface area contributed by atoms with E-state index in [1.807, 2.05) is 65.8 Å². The van der Waals surface area contributed by atoms with Gasteiger partial charge < -0.3 is 21.8 Å². The molecular weight excluding hydrogens is 458 g/mol. The first-order chi connectivity index (χ1) is 10.7. The Morgan fingerprint density at radius 1 is 1.17 bits per heavy atom. The Morgan fingerprint density at radius 3 is 2.17 bits per heavy atom. The number of nitrogens with zero attached hydrogens (tertiary/aromatic N) is 1. The van der Waals surface area contributed by atoms with Gasteiger partial charge in [0.25, 0.3) is 0 Å². The normalized spacial score (nSPS) is 15.5. The van der Waals surface area contributed by atoms with Gasteiger partial charge in [0.05, 0.1) is 0 Å². The summed E-state index contributed by atoms with van der Waals surface area (Å²) in [4.78, 5) is 13.6. The second-order valence-corrected chi connectivity index (χ2v) is 4.25. The summed E-state index contributed by atoms with van der Waals surface area (Å²) in [5.74, 6) is 0.215. The number of anilines is 1. The number of para-hydroxylation sites is 1. The summed E-state index contributed by atoms with van der Waals surface area (Å²) in [6.45, 7) is 15.3. The van der Waals surface area contributed by atoms with Crippen LogP contribution in [0.15, 0.2) is 24.3 Å². The van der Waals surface area contributed by atoms with Crippen molar-refractivity contribution in [2.24, 2.45) is 0 Å². The molecule has 23 heavy (non-hydrogen) atoms. The number of nitrogens with two attached hydrogens (primary N) is 1. The number of ketones is 1. The standard InChI is InChI=1S/C13H17N2O.3C2H6.Re/c1-10(16)13-7-4-8-15(13)9-11-5-2-3-6-12(11)14;3*1-2;/h2-3,5-7,13H,4,8-9,14H2,1H3;3*1-2H3;/q-1;;;;. The van der Waals surface area contributed by atoms with Crippen LogP contribution in [0.25, 0.3) is 0 Å². The molecule has 0 aromatic heterocycles. The monoisotopic (exact) mass is 494 g/mol. The molecule has 0 amide bonds. The molecule has 0 aliphatic carbocycles. The largest absolute Gasteiger partial charge is 0.398 e. The maximum Gasteiger partial charge on any atom is 0.116 e. The number of hydrogen-bond acceptors (Lipinski definition) is 3. The van der Waals surface area contributed by atoms with Gasteiger partial charge in [0.2, 0.25) is 0 Å². The van der Waals surface area contributed by atoms with Crippen molar-refractivity contribution in [1.29, 1.82) is 0 Å². The number of carbonyl (C=O) groups excluding carboxylic acids is 1.